The summed E-state index contributed by atoms with van der Waals surface area (Å²) in [7, 11) is -2.79. The van der Waals surface area contributed by atoms with E-state index in [0.717, 1.165) is 0 Å². The molecule has 2 aromatic carbocycles. The molecular weight excluding hydrogens is 438 g/mol. The van der Waals surface area contributed by atoms with Gasteiger partial charge in [0.15, 0.2) is 0 Å². The van der Waals surface area contributed by atoms with Crippen molar-refractivity contribution in [1.82, 2.24) is 10.2 Å². The van der Waals surface area contributed by atoms with Crippen LogP contribution < -0.4 is 10.0 Å². The molecule has 0 radical (unpaired) electrons. The van der Waals surface area contributed by atoms with Crippen molar-refractivity contribution in [2.24, 2.45) is 0 Å². The summed E-state index contributed by atoms with van der Waals surface area (Å²) in [6.45, 7) is 0.0282. The van der Waals surface area contributed by atoms with Gasteiger partial charge in [-0.3, -0.25) is 24.4 Å². The van der Waals surface area contributed by atoms with Crippen molar-refractivity contribution in [2.45, 2.75) is 30.3 Å². The Morgan fingerprint density at radius 2 is 1.84 bits per heavy atom. The largest absolute Gasteiger partial charge is 0.465 e. The molecule has 2 aliphatic rings. The number of rotatable bonds is 5. The van der Waals surface area contributed by atoms with Gasteiger partial charge in [0.1, 0.15) is 6.04 Å². The van der Waals surface area contributed by atoms with E-state index in [2.05, 4.69) is 14.8 Å². The van der Waals surface area contributed by atoms with Crippen LogP contribution in [0, 0.1) is 0 Å². The van der Waals surface area contributed by atoms with Crippen LogP contribution in [0.5, 0.6) is 0 Å². The Morgan fingerprint density at radius 1 is 1.12 bits per heavy atom. The van der Waals surface area contributed by atoms with Crippen molar-refractivity contribution in [2.75, 3.05) is 11.8 Å². The van der Waals surface area contributed by atoms with Crippen LogP contribution in [0.4, 0.5) is 5.69 Å². The van der Waals surface area contributed by atoms with Gasteiger partial charge in [-0.05, 0) is 42.8 Å². The number of nitrogens with one attached hydrogen (secondary N) is 2. The summed E-state index contributed by atoms with van der Waals surface area (Å²) in [5.41, 5.74) is 1.15. The maximum absolute atomic E-state index is 12.9. The van der Waals surface area contributed by atoms with E-state index in [0.29, 0.717) is 5.56 Å². The van der Waals surface area contributed by atoms with E-state index in [9.17, 15) is 27.6 Å². The van der Waals surface area contributed by atoms with Crippen molar-refractivity contribution in [1.29, 1.82) is 0 Å². The third-order valence-corrected chi connectivity index (χ3v) is 6.79. The molecule has 3 amide bonds. The molecule has 0 bridgehead atoms. The fourth-order valence-electron chi connectivity index (χ4n) is 3.77. The quantitative estimate of drug-likeness (QED) is 0.505. The number of anilines is 1. The monoisotopic (exact) mass is 457 g/mol. The summed E-state index contributed by atoms with van der Waals surface area (Å²) in [5, 5.41) is 2.23. The van der Waals surface area contributed by atoms with Gasteiger partial charge in [0.25, 0.3) is 15.9 Å². The van der Waals surface area contributed by atoms with Crippen LogP contribution >= 0.6 is 0 Å². The smallest absolute Gasteiger partial charge is 0.337 e. The molecule has 4 rings (SSSR count). The van der Waals surface area contributed by atoms with Gasteiger partial charge in [0.2, 0.25) is 11.8 Å². The van der Waals surface area contributed by atoms with Crippen molar-refractivity contribution in [3.8, 4) is 0 Å². The third kappa shape index (κ3) is 3.82. The van der Waals surface area contributed by atoms with Crippen LogP contribution in [-0.4, -0.2) is 50.2 Å². The Kier molecular flexibility index (Phi) is 5.43. The molecular formula is C21H19N3O7S. The van der Waals surface area contributed by atoms with Crippen LogP contribution in [0.25, 0.3) is 0 Å². The van der Waals surface area contributed by atoms with Gasteiger partial charge < -0.3 is 9.64 Å². The van der Waals surface area contributed by atoms with E-state index in [4.69, 9.17) is 0 Å². The predicted molar refractivity (Wildman–Crippen MR) is 111 cm³/mol. The number of ether oxygens (including phenoxy) is 1. The van der Waals surface area contributed by atoms with E-state index in [1.165, 1.54) is 42.3 Å². The van der Waals surface area contributed by atoms with Crippen molar-refractivity contribution in [3.63, 3.8) is 0 Å². The number of nitrogens with zero attached hydrogens (tertiary/aromatic N) is 1. The molecule has 0 saturated carbocycles. The highest BCUT2D eigenvalue weighted by Gasteiger charge is 2.40. The average molecular weight is 457 g/mol. The summed E-state index contributed by atoms with van der Waals surface area (Å²) >= 11 is 0. The second kappa shape index (κ2) is 8.08. The molecule has 2 aromatic rings. The number of imide groups is 1. The zero-order valence-electron chi connectivity index (χ0n) is 17.0. The molecule has 32 heavy (non-hydrogen) atoms. The summed E-state index contributed by atoms with van der Waals surface area (Å²) < 4.78 is 32.8. The average Bonchev–Trinajstić information content (AvgIpc) is 3.10. The molecule has 2 N–H and O–H groups in total. The highest BCUT2D eigenvalue weighted by Crippen LogP contribution is 2.33. The summed E-state index contributed by atoms with van der Waals surface area (Å²) in [6.07, 6.45) is 0.329. The number of piperidine rings is 1. The standard InChI is InChI=1S/C21H19N3O7S/c1-31-21(28)12-5-7-13(8-6-12)32(29,30)23-16-4-2-3-14-15(16)11-24(20(14)27)17-9-10-18(25)22-19(17)26/h2-8,17,23H,9-11H2,1H3,(H,22,25,26). The first-order valence-corrected chi connectivity index (χ1v) is 11.2. The Morgan fingerprint density at radius 3 is 2.50 bits per heavy atom. The number of fused-ring (bicyclic) bond motifs is 1. The zero-order chi connectivity index (χ0) is 23.0. The SMILES string of the molecule is COC(=O)c1ccc(S(=O)(=O)Nc2cccc3c2CN(C2CCC(=O)NC2=O)C3=O)cc1. The number of benzene rings is 2. The normalized spacial score (nSPS) is 18.2. The van der Waals surface area contributed by atoms with Gasteiger partial charge in [-0.25, -0.2) is 13.2 Å². The molecule has 1 atom stereocenters. The van der Waals surface area contributed by atoms with Gasteiger partial charge in [0, 0.05) is 24.1 Å². The number of carbonyl (C=O) groups is 4. The summed E-state index contributed by atoms with van der Waals surface area (Å²) in [6, 6.07) is 9.06. The van der Waals surface area contributed by atoms with Crippen molar-refractivity contribution in [3.05, 3.63) is 59.2 Å². The fourth-order valence-corrected chi connectivity index (χ4v) is 4.87. The Balaban J connectivity index is 1.59. The predicted octanol–water partition coefficient (Wildman–Crippen LogP) is 1.03. The van der Waals surface area contributed by atoms with E-state index in [1.807, 2.05) is 0 Å². The van der Waals surface area contributed by atoms with Gasteiger partial charge in [0.05, 0.1) is 23.3 Å². The lowest BCUT2D eigenvalue weighted by Crippen LogP contribution is -2.52. The lowest BCUT2D eigenvalue weighted by Gasteiger charge is -2.29. The molecule has 1 unspecified atom stereocenters. The maximum atomic E-state index is 12.9. The molecule has 2 heterocycles. The van der Waals surface area contributed by atoms with Crippen LogP contribution in [-0.2, 0) is 30.9 Å². The summed E-state index contributed by atoms with van der Waals surface area (Å²) in [4.78, 5) is 49.3. The molecule has 10 nitrogen and oxygen atoms in total. The van der Waals surface area contributed by atoms with Gasteiger partial charge in [-0.2, -0.15) is 0 Å². The van der Waals surface area contributed by atoms with E-state index in [-0.39, 0.29) is 47.0 Å². The number of amides is 3. The lowest BCUT2D eigenvalue weighted by atomic mass is 10.0. The molecule has 0 aliphatic carbocycles. The zero-order valence-corrected chi connectivity index (χ0v) is 17.8. The van der Waals surface area contributed by atoms with Crippen molar-refractivity contribution < 1.29 is 32.3 Å². The topological polar surface area (TPSA) is 139 Å². The number of hydrogen-bond donors (Lipinski definition) is 2. The molecule has 0 aromatic heterocycles. The highest BCUT2D eigenvalue weighted by atomic mass is 32.2. The van der Waals surface area contributed by atoms with Crippen LogP contribution in [0.1, 0.15) is 39.1 Å². The van der Waals surface area contributed by atoms with Gasteiger partial charge in [-0.15, -0.1) is 0 Å². The second-order valence-corrected chi connectivity index (χ2v) is 9.04. The summed E-state index contributed by atoms with van der Waals surface area (Å²) in [5.74, 6) is -1.93. The molecule has 11 heteroatoms. The first-order chi connectivity index (χ1) is 15.2. The van der Waals surface area contributed by atoms with Crippen molar-refractivity contribution >= 4 is 39.4 Å². The number of methoxy groups -OCH3 is 1. The first-order valence-electron chi connectivity index (χ1n) is 9.69. The number of hydrogen-bond acceptors (Lipinski definition) is 7. The molecule has 2 aliphatic heterocycles. The molecule has 166 valence electrons. The minimum atomic E-state index is -4.02. The first kappa shape index (κ1) is 21.5. The Hall–Kier alpha value is -3.73. The molecule has 1 fully saturated rings. The maximum Gasteiger partial charge on any atom is 0.337 e. The fraction of sp³-hybridized carbons (Fsp3) is 0.238. The minimum Gasteiger partial charge on any atom is -0.465 e. The second-order valence-electron chi connectivity index (χ2n) is 7.35. The van der Waals surface area contributed by atoms with E-state index >= 15 is 0 Å². The highest BCUT2D eigenvalue weighted by molar-refractivity contribution is 7.92. The number of esters is 1. The van der Waals surface area contributed by atoms with E-state index < -0.39 is 33.8 Å². The lowest BCUT2D eigenvalue weighted by molar-refractivity contribution is -0.136. The molecule has 1 saturated heterocycles. The van der Waals surface area contributed by atoms with Crippen LogP contribution in [0.3, 0.4) is 0 Å². The third-order valence-electron chi connectivity index (χ3n) is 5.41. The number of sulfonamides is 1. The van der Waals surface area contributed by atoms with Crippen LogP contribution in [0.15, 0.2) is 47.4 Å². The van der Waals surface area contributed by atoms with Gasteiger partial charge >= 0.3 is 5.97 Å². The Labute approximate surface area is 183 Å². The molecule has 0 spiro atoms. The van der Waals surface area contributed by atoms with E-state index in [1.54, 1.807) is 12.1 Å². The minimum absolute atomic E-state index is 0.0282. The number of carbonyl (C=O) groups excluding carboxylic acids is 4. The van der Waals surface area contributed by atoms with Crippen LogP contribution in [0.2, 0.25) is 0 Å². The van der Waals surface area contributed by atoms with Gasteiger partial charge in [-0.1, -0.05) is 6.07 Å². The Bertz CT molecular complexity index is 1240.